The fourth-order valence-corrected chi connectivity index (χ4v) is 4.14. The van der Waals surface area contributed by atoms with Crippen LogP contribution in [0.2, 0.25) is 0 Å². The third-order valence-electron chi connectivity index (χ3n) is 5.12. The lowest BCUT2D eigenvalue weighted by Gasteiger charge is -2.06. The van der Waals surface area contributed by atoms with E-state index in [1.54, 1.807) is 67.1 Å². The number of aromatic nitrogens is 3. The summed E-state index contributed by atoms with van der Waals surface area (Å²) >= 11 is 1.59. The molecule has 3 heterocycles. The SMILES string of the molecule is COc1ccc(-n2[nH]c3c(cnc4ccc(C(=O)NCc5cccs5)cc43)c2=O)cc1. The highest BCUT2D eigenvalue weighted by Gasteiger charge is 2.14. The second-order valence-electron chi connectivity index (χ2n) is 6.99. The molecule has 0 aliphatic heterocycles. The number of nitrogens with one attached hydrogen (secondary N) is 2. The van der Waals surface area contributed by atoms with Gasteiger partial charge in [-0.2, -0.15) is 0 Å². The van der Waals surface area contributed by atoms with Crippen LogP contribution < -0.4 is 15.6 Å². The zero-order valence-corrected chi connectivity index (χ0v) is 17.4. The molecule has 0 bridgehead atoms. The van der Waals surface area contributed by atoms with Crippen LogP contribution in [0.3, 0.4) is 0 Å². The monoisotopic (exact) mass is 430 g/mol. The van der Waals surface area contributed by atoms with Crippen LogP contribution >= 0.6 is 11.3 Å². The number of benzene rings is 2. The van der Waals surface area contributed by atoms with Crippen molar-refractivity contribution >= 4 is 39.0 Å². The van der Waals surface area contributed by atoms with Gasteiger partial charge >= 0.3 is 0 Å². The fourth-order valence-electron chi connectivity index (χ4n) is 3.50. The molecule has 0 radical (unpaired) electrons. The molecular formula is C23H18N4O3S. The summed E-state index contributed by atoms with van der Waals surface area (Å²) in [5, 5.41) is 9.25. The third-order valence-corrected chi connectivity index (χ3v) is 6.00. The van der Waals surface area contributed by atoms with Gasteiger partial charge in [-0.25, -0.2) is 4.68 Å². The van der Waals surface area contributed by atoms with E-state index in [0.29, 0.717) is 45.4 Å². The van der Waals surface area contributed by atoms with Gasteiger partial charge in [0.25, 0.3) is 11.5 Å². The molecule has 154 valence electrons. The van der Waals surface area contributed by atoms with Crippen molar-refractivity contribution in [3.63, 3.8) is 0 Å². The van der Waals surface area contributed by atoms with Gasteiger partial charge in [0, 0.05) is 22.0 Å². The minimum absolute atomic E-state index is 0.177. The standard InChI is InChI=1S/C23H18N4O3S/c1-30-16-7-5-15(6-8-16)27-23(29)19-13-24-20-9-4-14(11-18(20)21(19)26-27)22(28)25-12-17-3-2-10-31-17/h2-11,13,26H,12H2,1H3,(H,25,28). The number of hydrogen-bond acceptors (Lipinski definition) is 5. The van der Waals surface area contributed by atoms with Gasteiger partial charge in [-0.1, -0.05) is 6.07 Å². The predicted octanol–water partition coefficient (Wildman–Crippen LogP) is 3.87. The number of methoxy groups -OCH3 is 1. The van der Waals surface area contributed by atoms with Crippen molar-refractivity contribution in [2.45, 2.75) is 6.54 Å². The van der Waals surface area contributed by atoms with E-state index in [0.717, 1.165) is 4.88 Å². The van der Waals surface area contributed by atoms with Gasteiger partial charge in [0.15, 0.2) is 0 Å². The molecule has 0 fully saturated rings. The minimum atomic E-state index is -0.206. The van der Waals surface area contributed by atoms with E-state index in [2.05, 4.69) is 15.4 Å². The van der Waals surface area contributed by atoms with Crippen molar-refractivity contribution in [2.75, 3.05) is 7.11 Å². The minimum Gasteiger partial charge on any atom is -0.497 e. The Balaban J connectivity index is 1.55. The molecule has 5 rings (SSSR count). The Morgan fingerprint density at radius 1 is 1.16 bits per heavy atom. The Bertz CT molecular complexity index is 1450. The number of thiophene rings is 1. The van der Waals surface area contributed by atoms with Crippen LogP contribution in [0.15, 0.2) is 71.0 Å². The molecule has 0 saturated heterocycles. The zero-order valence-electron chi connectivity index (χ0n) is 16.6. The Morgan fingerprint density at radius 3 is 2.74 bits per heavy atom. The van der Waals surface area contributed by atoms with Crippen LogP contribution in [-0.2, 0) is 6.54 Å². The Labute approximate surface area is 180 Å². The van der Waals surface area contributed by atoms with Crippen molar-refractivity contribution < 1.29 is 9.53 Å². The van der Waals surface area contributed by atoms with E-state index in [4.69, 9.17) is 4.74 Å². The molecule has 8 heteroatoms. The molecule has 0 saturated carbocycles. The number of rotatable bonds is 5. The molecule has 7 nitrogen and oxygen atoms in total. The van der Waals surface area contributed by atoms with E-state index in [1.165, 1.54) is 4.68 Å². The van der Waals surface area contributed by atoms with Crippen molar-refractivity contribution in [3.8, 4) is 11.4 Å². The number of hydrogen-bond donors (Lipinski definition) is 2. The highest BCUT2D eigenvalue weighted by Crippen LogP contribution is 2.23. The molecule has 0 aliphatic carbocycles. The maximum absolute atomic E-state index is 13.0. The molecule has 5 aromatic rings. The van der Waals surface area contributed by atoms with Crippen LogP contribution in [0.5, 0.6) is 5.75 Å². The second-order valence-corrected chi connectivity index (χ2v) is 8.02. The van der Waals surface area contributed by atoms with Crippen molar-refractivity contribution in [2.24, 2.45) is 0 Å². The molecule has 1 amide bonds. The molecular weight excluding hydrogens is 412 g/mol. The molecule has 0 atom stereocenters. The first-order valence-corrected chi connectivity index (χ1v) is 10.5. The van der Waals surface area contributed by atoms with Gasteiger partial charge in [-0.15, -0.1) is 11.3 Å². The summed E-state index contributed by atoms with van der Waals surface area (Å²) in [6.45, 7) is 0.474. The van der Waals surface area contributed by atoms with Gasteiger partial charge < -0.3 is 10.1 Å². The van der Waals surface area contributed by atoms with E-state index in [9.17, 15) is 9.59 Å². The van der Waals surface area contributed by atoms with Crippen molar-refractivity contribution in [1.82, 2.24) is 20.1 Å². The molecule has 2 aromatic carbocycles. The van der Waals surface area contributed by atoms with Crippen molar-refractivity contribution in [1.29, 1.82) is 0 Å². The number of aromatic amines is 1. The number of nitrogens with zero attached hydrogens (tertiary/aromatic N) is 2. The number of H-pyrrole nitrogens is 1. The van der Waals surface area contributed by atoms with Gasteiger partial charge in [-0.05, 0) is 53.9 Å². The lowest BCUT2D eigenvalue weighted by Crippen LogP contribution is -2.22. The number of fused-ring (bicyclic) bond motifs is 3. The summed E-state index contributed by atoms with van der Waals surface area (Å²) < 4.78 is 6.65. The Hall–Kier alpha value is -3.91. The number of pyridine rings is 1. The topological polar surface area (TPSA) is 89.0 Å². The van der Waals surface area contributed by atoms with E-state index in [1.807, 2.05) is 17.5 Å². The average Bonchev–Trinajstić information content (AvgIpc) is 3.45. The fraction of sp³-hybridized carbons (Fsp3) is 0.0870. The average molecular weight is 430 g/mol. The summed E-state index contributed by atoms with van der Waals surface area (Å²) in [6, 6.07) is 16.4. The van der Waals surface area contributed by atoms with Gasteiger partial charge in [0.05, 0.1) is 35.8 Å². The van der Waals surface area contributed by atoms with Gasteiger partial charge in [0.1, 0.15) is 5.75 Å². The highest BCUT2D eigenvalue weighted by molar-refractivity contribution is 7.09. The molecule has 0 spiro atoms. The molecule has 3 aromatic heterocycles. The summed E-state index contributed by atoms with van der Waals surface area (Å²) in [7, 11) is 1.59. The number of ether oxygens (including phenoxy) is 1. The summed E-state index contributed by atoms with van der Waals surface area (Å²) in [5.41, 5.74) is 2.32. The zero-order chi connectivity index (χ0) is 21.4. The van der Waals surface area contributed by atoms with Crippen LogP contribution in [0.1, 0.15) is 15.2 Å². The number of carbonyl (C=O) groups excluding carboxylic acids is 1. The first kappa shape index (κ1) is 19.1. The van der Waals surface area contributed by atoms with E-state index in [-0.39, 0.29) is 11.5 Å². The van der Waals surface area contributed by atoms with E-state index >= 15 is 0 Å². The molecule has 0 unspecified atom stereocenters. The first-order chi connectivity index (χ1) is 15.1. The lowest BCUT2D eigenvalue weighted by atomic mass is 10.1. The first-order valence-electron chi connectivity index (χ1n) is 9.62. The summed E-state index contributed by atoms with van der Waals surface area (Å²) in [4.78, 5) is 31.1. The Kier molecular flexibility index (Phi) is 4.76. The highest BCUT2D eigenvalue weighted by atomic mass is 32.1. The lowest BCUT2D eigenvalue weighted by molar-refractivity contribution is 0.0951. The third kappa shape index (κ3) is 3.47. The largest absolute Gasteiger partial charge is 0.497 e. The predicted molar refractivity (Wildman–Crippen MR) is 121 cm³/mol. The van der Waals surface area contributed by atoms with Crippen molar-refractivity contribution in [3.05, 3.63) is 87.0 Å². The van der Waals surface area contributed by atoms with Crippen LogP contribution in [-0.4, -0.2) is 27.8 Å². The van der Waals surface area contributed by atoms with Gasteiger partial charge in [0.2, 0.25) is 0 Å². The molecule has 31 heavy (non-hydrogen) atoms. The second kappa shape index (κ2) is 7.73. The number of carbonyl (C=O) groups is 1. The maximum Gasteiger partial charge on any atom is 0.280 e. The number of amides is 1. The Morgan fingerprint density at radius 2 is 2.00 bits per heavy atom. The molecule has 2 N–H and O–H groups in total. The smallest absolute Gasteiger partial charge is 0.280 e. The molecule has 0 aliphatic rings. The maximum atomic E-state index is 13.0. The summed E-state index contributed by atoms with van der Waals surface area (Å²) in [6.07, 6.45) is 1.56. The quantitative estimate of drug-likeness (QED) is 0.443. The summed E-state index contributed by atoms with van der Waals surface area (Å²) in [5.74, 6) is 0.530. The van der Waals surface area contributed by atoms with Crippen LogP contribution in [0, 0.1) is 0 Å². The van der Waals surface area contributed by atoms with Gasteiger partial charge in [-0.3, -0.25) is 19.7 Å². The van der Waals surface area contributed by atoms with E-state index < -0.39 is 0 Å². The normalized spacial score (nSPS) is 11.1. The van der Waals surface area contributed by atoms with Crippen LogP contribution in [0.4, 0.5) is 0 Å². The van der Waals surface area contributed by atoms with Crippen LogP contribution in [0.25, 0.3) is 27.5 Å².